The van der Waals surface area contributed by atoms with Gasteiger partial charge in [0.1, 0.15) is 48.6 Å². The zero-order valence-corrected chi connectivity index (χ0v) is 47.5. The highest BCUT2D eigenvalue weighted by Crippen LogP contribution is 2.10. The predicted octanol–water partition coefficient (Wildman–Crippen LogP) is -6.39. The summed E-state index contributed by atoms with van der Waals surface area (Å²) in [4.78, 5) is 166. The number of aliphatic hydroxyl groups is 1. The first-order valence-corrected chi connectivity index (χ1v) is 28.0. The number of aliphatic hydroxyl groups excluding tert-OH is 1. The van der Waals surface area contributed by atoms with E-state index in [0.29, 0.717) is 11.8 Å². The second-order valence-corrected chi connectivity index (χ2v) is 20.1. The molecule has 0 spiro atoms. The van der Waals surface area contributed by atoms with Gasteiger partial charge in [-0.3, -0.25) is 62.7 Å². The first kappa shape index (κ1) is 71.2. The Labute approximate surface area is 489 Å². The quantitative estimate of drug-likeness (QED) is 0.0128. The Morgan fingerprint density at radius 1 is 0.548 bits per heavy atom. The number of nitrogens with two attached hydrogens (primary N) is 6. The number of carbonyl (C=O) groups excluding carboxylic acids is 11. The summed E-state index contributed by atoms with van der Waals surface area (Å²) in [5.74, 6) is -11.5. The van der Waals surface area contributed by atoms with Gasteiger partial charge in [0.15, 0.2) is 11.9 Å². The van der Waals surface area contributed by atoms with Gasteiger partial charge < -0.3 is 97.3 Å². The van der Waals surface area contributed by atoms with E-state index in [4.69, 9.17) is 34.4 Å². The Kier molecular flexibility index (Phi) is 32.8. The van der Waals surface area contributed by atoms with Crippen LogP contribution in [0.5, 0.6) is 0 Å². The van der Waals surface area contributed by atoms with Crippen molar-refractivity contribution in [3.8, 4) is 0 Å². The average Bonchev–Trinajstić information content (AvgIpc) is 3.48. The van der Waals surface area contributed by atoms with E-state index in [1.807, 2.05) is 0 Å². The van der Waals surface area contributed by atoms with Crippen LogP contribution in [0.1, 0.15) is 69.4 Å². The van der Waals surface area contributed by atoms with Crippen LogP contribution in [0.3, 0.4) is 0 Å². The first-order chi connectivity index (χ1) is 39.9. The molecule has 2 rings (SSSR count). The summed E-state index contributed by atoms with van der Waals surface area (Å²) in [6.07, 6.45) is 0.255. The van der Waals surface area contributed by atoms with E-state index in [9.17, 15) is 67.7 Å². The SMILES string of the molecule is CSCC[C@H](NC(=O)[C@H](CC(=O)O)NC(=O)CNC(=O)[C@H](CCC(N)=O)NC(=O)[C@H](CCCN=C(N)N)NC(=O)[C@H](Cc1ccccc1)NC(=O)[C@H](C)N)C(=O)N[C@@H](CO)C(=O)N[C@@H](CCCN=C(N)N)C(=O)N[C@H](C=O)Cc1ccccc1. The fourth-order valence-electron chi connectivity index (χ4n) is 7.73. The Balaban J connectivity index is 2.29. The van der Waals surface area contributed by atoms with Crippen molar-refractivity contribution in [1.82, 2.24) is 47.9 Å². The van der Waals surface area contributed by atoms with Crippen molar-refractivity contribution in [3.63, 3.8) is 0 Å². The molecule has 23 N–H and O–H groups in total. The van der Waals surface area contributed by atoms with Crippen LogP contribution in [0.25, 0.3) is 0 Å². The van der Waals surface area contributed by atoms with E-state index < -0.39 is 152 Å². The number of rotatable bonds is 40. The van der Waals surface area contributed by atoms with Gasteiger partial charge in [0.2, 0.25) is 59.1 Å². The Morgan fingerprint density at radius 2 is 0.976 bits per heavy atom. The third-order valence-electron chi connectivity index (χ3n) is 12.1. The zero-order valence-electron chi connectivity index (χ0n) is 46.7. The Bertz CT molecular complexity index is 2590. The molecule has 84 heavy (non-hydrogen) atoms. The van der Waals surface area contributed by atoms with Gasteiger partial charge in [-0.05, 0) is 75.0 Å². The Morgan fingerprint density at radius 3 is 1.43 bits per heavy atom. The van der Waals surface area contributed by atoms with Crippen molar-refractivity contribution < 1.29 is 67.7 Å². The van der Waals surface area contributed by atoms with E-state index >= 15 is 0 Å². The second-order valence-electron chi connectivity index (χ2n) is 19.1. The molecule has 0 unspecified atom stereocenters. The third kappa shape index (κ3) is 28.7. The lowest BCUT2D eigenvalue weighted by Crippen LogP contribution is -2.60. The number of nitrogens with one attached hydrogen (secondary N) is 9. The smallest absolute Gasteiger partial charge is 0.305 e. The second kappa shape index (κ2) is 38.7. The van der Waals surface area contributed by atoms with Gasteiger partial charge in [0.25, 0.3) is 0 Å². The van der Waals surface area contributed by atoms with Gasteiger partial charge in [-0.15, -0.1) is 0 Å². The van der Waals surface area contributed by atoms with E-state index in [2.05, 4.69) is 57.8 Å². The number of aldehydes is 1. The number of benzene rings is 2. The summed E-state index contributed by atoms with van der Waals surface area (Å²) in [6, 6.07) is 4.54. The number of nitrogens with zero attached hydrogens (tertiary/aromatic N) is 2. The van der Waals surface area contributed by atoms with Crippen LogP contribution in [0.2, 0.25) is 0 Å². The van der Waals surface area contributed by atoms with Crippen molar-refractivity contribution >= 4 is 95.0 Å². The number of primary amides is 1. The topological polar surface area (TPSA) is 534 Å². The first-order valence-electron chi connectivity index (χ1n) is 26.6. The molecule has 31 nitrogen and oxygen atoms in total. The van der Waals surface area contributed by atoms with Gasteiger partial charge in [0.05, 0.1) is 31.7 Å². The summed E-state index contributed by atoms with van der Waals surface area (Å²) < 4.78 is 0. The van der Waals surface area contributed by atoms with Crippen LogP contribution in [-0.4, -0.2) is 186 Å². The fraction of sp³-hybridized carbons (Fsp3) is 0.500. The number of amides is 10. The van der Waals surface area contributed by atoms with E-state index in [1.165, 1.54) is 18.7 Å². The van der Waals surface area contributed by atoms with E-state index in [1.54, 1.807) is 66.9 Å². The lowest BCUT2D eigenvalue weighted by Gasteiger charge is -2.26. The summed E-state index contributed by atoms with van der Waals surface area (Å²) in [7, 11) is 0. The summed E-state index contributed by atoms with van der Waals surface area (Å²) in [5.41, 5.74) is 34.2. The van der Waals surface area contributed by atoms with Gasteiger partial charge in [-0.1, -0.05) is 60.7 Å². The molecule has 0 aromatic heterocycles. The van der Waals surface area contributed by atoms with Crippen molar-refractivity contribution in [1.29, 1.82) is 0 Å². The normalized spacial score (nSPS) is 14.0. The molecule has 0 aliphatic heterocycles. The molecule has 0 fully saturated rings. The van der Waals surface area contributed by atoms with Crippen molar-refractivity contribution in [2.75, 3.05) is 38.2 Å². The minimum atomic E-state index is -1.90. The number of aliphatic carboxylic acids is 1. The van der Waals surface area contributed by atoms with Gasteiger partial charge in [-0.2, -0.15) is 11.8 Å². The van der Waals surface area contributed by atoms with Crippen LogP contribution in [0.15, 0.2) is 70.6 Å². The van der Waals surface area contributed by atoms with Crippen LogP contribution in [0.4, 0.5) is 0 Å². The van der Waals surface area contributed by atoms with Crippen molar-refractivity contribution in [2.24, 2.45) is 44.4 Å². The number of carboxylic acid groups (broad SMARTS) is 1. The molecule has 0 aliphatic carbocycles. The molecule has 0 aliphatic rings. The number of thioether (sulfide) groups is 1. The number of carboxylic acids is 1. The monoisotopic (exact) mass is 1200 g/mol. The molecule has 9 atom stereocenters. The summed E-state index contributed by atoms with van der Waals surface area (Å²) >= 11 is 1.24. The summed E-state index contributed by atoms with van der Waals surface area (Å²) in [5, 5.41) is 41.7. The molecular formula is C52H79N17O14S. The third-order valence-corrected chi connectivity index (χ3v) is 12.7. The van der Waals surface area contributed by atoms with E-state index in [0.717, 1.165) is 5.56 Å². The highest BCUT2D eigenvalue weighted by atomic mass is 32.2. The molecule has 462 valence electrons. The average molecular weight is 1200 g/mol. The highest BCUT2D eigenvalue weighted by Gasteiger charge is 2.34. The van der Waals surface area contributed by atoms with Gasteiger partial charge >= 0.3 is 5.97 Å². The maximum atomic E-state index is 14.0. The highest BCUT2D eigenvalue weighted by molar-refractivity contribution is 7.98. The minimum absolute atomic E-state index is 0.00339. The molecule has 0 saturated carbocycles. The van der Waals surface area contributed by atoms with Crippen LogP contribution < -0.4 is 82.3 Å². The van der Waals surface area contributed by atoms with Crippen LogP contribution >= 0.6 is 11.8 Å². The largest absolute Gasteiger partial charge is 0.481 e. The zero-order chi connectivity index (χ0) is 62.7. The standard InChI is InChI=1S/C52H79N17O14S/c1-29(53)43(76)68-37(24-31-13-7-4-8-14-31)48(81)64-34(16-10-21-60-52(57)58)46(79)66-35(17-18-40(54)72)44(77)61-26-41(73)63-38(25-42(74)75)49(82)67-36(19-22-84-2)47(80)69-39(28-71)50(83)65-33(15-9-20-59-51(55)56)45(78)62-32(27-70)23-30-11-5-3-6-12-30/h3-8,11-14,27,29,32-39,71H,9-10,15-26,28,53H2,1-2H3,(H2,54,72)(H,61,77)(H,62,78)(H,63,73)(H,64,81)(H,65,83)(H,66,79)(H,67,82)(H,68,76)(H,69,80)(H,74,75)(H4,55,56,59)(H4,57,58,60)/t29-,32-,33-,34-,35-,36-,37-,38-,39-/m0/s1. The lowest BCUT2D eigenvalue weighted by atomic mass is 10.0. The van der Waals surface area contributed by atoms with Crippen LogP contribution in [0, 0.1) is 0 Å². The molecular weight excluding hydrogens is 1120 g/mol. The summed E-state index contributed by atoms with van der Waals surface area (Å²) in [6.45, 7) is -0.522. The Hall–Kier alpha value is -8.91. The number of hydrogen-bond acceptors (Lipinski definition) is 17. The number of hydrogen-bond donors (Lipinski definition) is 17. The number of carbonyl (C=O) groups is 12. The molecule has 0 bridgehead atoms. The molecule has 2 aromatic carbocycles. The van der Waals surface area contributed by atoms with E-state index in [-0.39, 0.29) is 75.7 Å². The fourth-order valence-corrected chi connectivity index (χ4v) is 8.20. The molecule has 0 radical (unpaired) electrons. The van der Waals surface area contributed by atoms with Gasteiger partial charge in [0, 0.05) is 25.9 Å². The molecule has 10 amide bonds. The molecule has 32 heteroatoms. The van der Waals surface area contributed by atoms with Crippen LogP contribution in [-0.2, 0) is 70.4 Å². The maximum Gasteiger partial charge on any atom is 0.305 e. The van der Waals surface area contributed by atoms with Gasteiger partial charge in [-0.25, -0.2) is 0 Å². The number of aliphatic imine (C=N–C) groups is 2. The predicted molar refractivity (Wildman–Crippen MR) is 309 cm³/mol. The lowest BCUT2D eigenvalue weighted by molar-refractivity contribution is -0.141. The molecule has 0 saturated heterocycles. The maximum absolute atomic E-state index is 14.0. The molecule has 0 heterocycles. The molecule has 2 aromatic rings. The minimum Gasteiger partial charge on any atom is -0.481 e. The number of guanidine groups is 2. The van der Waals surface area contributed by atoms with Crippen molar-refractivity contribution in [2.45, 2.75) is 126 Å². The van der Waals surface area contributed by atoms with Crippen molar-refractivity contribution in [3.05, 3.63) is 71.8 Å².